The Labute approximate surface area is 221 Å². The summed E-state index contributed by atoms with van der Waals surface area (Å²) in [5, 5.41) is 32.8. The first kappa shape index (κ1) is 28.1. The van der Waals surface area contributed by atoms with Crippen molar-refractivity contribution in [1.82, 2.24) is 0 Å². The molecule has 4 aliphatic carbocycles. The molecule has 0 bridgehead atoms. The highest BCUT2D eigenvalue weighted by Crippen LogP contribution is 2.74. The van der Waals surface area contributed by atoms with Crippen molar-refractivity contribution in [3.63, 3.8) is 0 Å². The number of carbonyl (C=O) groups is 2. The van der Waals surface area contributed by atoms with Gasteiger partial charge in [0.15, 0.2) is 0 Å². The van der Waals surface area contributed by atoms with Crippen molar-refractivity contribution < 1.29 is 29.6 Å². The number of aliphatic hydroxyl groups excluding tert-OH is 2. The third-order valence-corrected chi connectivity index (χ3v) is 11.2. The average molecular weight is 515 g/mol. The molecule has 0 heterocycles. The van der Waals surface area contributed by atoms with E-state index in [-0.39, 0.29) is 45.7 Å². The van der Waals surface area contributed by atoms with E-state index in [1.54, 1.807) is 12.2 Å². The summed E-state index contributed by atoms with van der Waals surface area (Å²) in [5.74, 6) is -1.11. The highest BCUT2D eigenvalue weighted by atomic mass is 16.5. The van der Waals surface area contributed by atoms with Crippen LogP contribution in [0.15, 0.2) is 34.9 Å². The largest absolute Gasteiger partial charge is 0.478 e. The predicted molar refractivity (Wildman–Crippen MR) is 142 cm³/mol. The molecule has 4 saturated carbocycles. The molecule has 0 saturated heterocycles. The molecule has 10 atom stereocenters. The molecular formula is C31H46O6. The molecule has 3 N–H and O–H groups in total. The van der Waals surface area contributed by atoms with Crippen LogP contribution in [0.1, 0.15) is 87.0 Å². The molecule has 0 aromatic carbocycles. The quantitative estimate of drug-likeness (QED) is 0.262. The van der Waals surface area contributed by atoms with Crippen molar-refractivity contribution in [2.24, 2.45) is 39.9 Å². The summed E-state index contributed by atoms with van der Waals surface area (Å²) in [7, 11) is 0. The van der Waals surface area contributed by atoms with E-state index in [0.717, 1.165) is 31.3 Å². The van der Waals surface area contributed by atoms with Gasteiger partial charge >= 0.3 is 11.9 Å². The first-order valence-corrected chi connectivity index (χ1v) is 14.0. The zero-order valence-electron chi connectivity index (χ0n) is 23.6. The Hall–Kier alpha value is -1.92. The van der Waals surface area contributed by atoms with Crippen LogP contribution in [-0.4, -0.2) is 45.6 Å². The Balaban J connectivity index is 1.86. The lowest BCUT2D eigenvalue weighted by molar-refractivity contribution is -0.234. The van der Waals surface area contributed by atoms with Gasteiger partial charge in [0.2, 0.25) is 0 Å². The van der Waals surface area contributed by atoms with E-state index < -0.39 is 24.1 Å². The third kappa shape index (κ3) is 4.32. The van der Waals surface area contributed by atoms with E-state index in [2.05, 4.69) is 27.7 Å². The van der Waals surface area contributed by atoms with Crippen molar-refractivity contribution in [3.8, 4) is 0 Å². The minimum Gasteiger partial charge on any atom is -0.478 e. The third-order valence-electron chi connectivity index (χ3n) is 11.2. The molecule has 37 heavy (non-hydrogen) atoms. The van der Waals surface area contributed by atoms with Gasteiger partial charge in [0.05, 0.1) is 17.8 Å². The number of aliphatic hydroxyl groups is 2. The number of hydrogen-bond donors (Lipinski definition) is 3. The van der Waals surface area contributed by atoms with Gasteiger partial charge in [-0.15, -0.1) is 0 Å². The molecule has 4 fully saturated rings. The Morgan fingerprint density at radius 1 is 1.00 bits per heavy atom. The Morgan fingerprint density at radius 2 is 1.68 bits per heavy atom. The van der Waals surface area contributed by atoms with E-state index in [0.29, 0.717) is 24.3 Å². The summed E-state index contributed by atoms with van der Waals surface area (Å²) < 4.78 is 5.84. The number of allylic oxidation sites excluding steroid dienone is 3. The number of esters is 1. The van der Waals surface area contributed by atoms with Crippen LogP contribution in [-0.2, 0) is 14.3 Å². The summed E-state index contributed by atoms with van der Waals surface area (Å²) in [6.45, 7) is 14.3. The summed E-state index contributed by atoms with van der Waals surface area (Å²) in [6.07, 6.45) is 8.21. The minimum atomic E-state index is -1.04. The number of carboxylic acids is 1. The lowest BCUT2D eigenvalue weighted by Gasteiger charge is -2.69. The smallest absolute Gasteiger partial charge is 0.335 e. The number of carboxylic acid groups (broad SMARTS) is 1. The van der Waals surface area contributed by atoms with Gasteiger partial charge in [-0.3, -0.25) is 4.79 Å². The van der Waals surface area contributed by atoms with Crippen molar-refractivity contribution in [3.05, 3.63) is 34.9 Å². The van der Waals surface area contributed by atoms with E-state index >= 15 is 0 Å². The van der Waals surface area contributed by atoms with Crippen LogP contribution in [0, 0.1) is 39.9 Å². The van der Waals surface area contributed by atoms with Crippen LogP contribution < -0.4 is 0 Å². The fourth-order valence-corrected chi connectivity index (χ4v) is 9.49. The van der Waals surface area contributed by atoms with Crippen molar-refractivity contribution >= 4 is 11.9 Å². The van der Waals surface area contributed by atoms with Gasteiger partial charge in [0.25, 0.3) is 0 Å². The summed E-state index contributed by atoms with van der Waals surface area (Å²) in [4.78, 5) is 24.8. The number of ether oxygens (including phenoxy) is 1. The van der Waals surface area contributed by atoms with Gasteiger partial charge in [0.1, 0.15) is 6.10 Å². The van der Waals surface area contributed by atoms with Crippen LogP contribution in [0.2, 0.25) is 0 Å². The molecule has 6 heteroatoms. The molecule has 0 aromatic heterocycles. The number of aliphatic carboxylic acids is 1. The zero-order chi connectivity index (χ0) is 27.5. The molecule has 4 rings (SSSR count). The summed E-state index contributed by atoms with van der Waals surface area (Å²) >= 11 is 0. The van der Waals surface area contributed by atoms with E-state index in [9.17, 15) is 24.9 Å². The van der Waals surface area contributed by atoms with E-state index in [1.165, 1.54) is 6.92 Å². The number of rotatable bonds is 4. The Morgan fingerprint density at radius 3 is 2.27 bits per heavy atom. The summed E-state index contributed by atoms with van der Waals surface area (Å²) in [5.41, 5.74) is 1.14. The highest BCUT2D eigenvalue weighted by molar-refractivity contribution is 5.91. The van der Waals surface area contributed by atoms with Gasteiger partial charge in [-0.25, -0.2) is 4.79 Å². The molecule has 0 radical (unpaired) electrons. The van der Waals surface area contributed by atoms with Crippen LogP contribution in [0.5, 0.6) is 0 Å². The van der Waals surface area contributed by atoms with E-state index in [1.807, 2.05) is 19.9 Å². The van der Waals surface area contributed by atoms with Gasteiger partial charge < -0.3 is 20.1 Å². The Bertz CT molecular complexity index is 1040. The average Bonchev–Trinajstić information content (AvgIpc) is 3.05. The molecule has 0 aromatic rings. The fourth-order valence-electron chi connectivity index (χ4n) is 9.49. The number of fused-ring (bicyclic) bond motifs is 5. The van der Waals surface area contributed by atoms with Gasteiger partial charge in [-0.2, -0.15) is 0 Å². The molecule has 0 spiro atoms. The van der Waals surface area contributed by atoms with Gasteiger partial charge in [-0.1, -0.05) is 45.4 Å². The number of carbonyl (C=O) groups excluding carboxylic acids is 1. The normalized spacial score (nSPS) is 46.5. The van der Waals surface area contributed by atoms with Crippen molar-refractivity contribution in [1.29, 1.82) is 0 Å². The lowest BCUT2D eigenvalue weighted by Crippen LogP contribution is -2.65. The SMILES string of the molecule is CC(=O)O[C@H]1C[C@@]2(C)C(C[C@@H](O)[C@H]3[C@@]4(C)CC[C@@H](O)[C@@H](C)[C@@H]4CC[C@@]32C)/C1=C(\C=C/C=C(C)C)C(=O)O. The van der Waals surface area contributed by atoms with Crippen LogP contribution in [0.25, 0.3) is 0 Å². The van der Waals surface area contributed by atoms with Crippen molar-refractivity contribution in [2.75, 3.05) is 0 Å². The predicted octanol–water partition coefficient (Wildman–Crippen LogP) is 5.44. The Kier molecular flexibility index (Phi) is 7.35. The van der Waals surface area contributed by atoms with Gasteiger partial charge in [0, 0.05) is 6.92 Å². The second kappa shape index (κ2) is 9.68. The second-order valence-electron chi connectivity index (χ2n) is 13.4. The first-order valence-electron chi connectivity index (χ1n) is 14.0. The molecule has 1 unspecified atom stereocenters. The monoisotopic (exact) mass is 514 g/mol. The van der Waals surface area contributed by atoms with Crippen LogP contribution >= 0.6 is 0 Å². The molecule has 0 aliphatic heterocycles. The van der Waals surface area contributed by atoms with Crippen LogP contribution in [0.3, 0.4) is 0 Å². The zero-order valence-corrected chi connectivity index (χ0v) is 23.6. The first-order chi connectivity index (χ1) is 17.2. The van der Waals surface area contributed by atoms with E-state index in [4.69, 9.17) is 4.74 Å². The van der Waals surface area contributed by atoms with Crippen LogP contribution in [0.4, 0.5) is 0 Å². The fraction of sp³-hybridized carbons (Fsp3) is 0.742. The standard InChI is InChI=1S/C31H46O6/c1-17(2)9-8-10-20(28(35)36)26-22-15-24(34)27-29(5)13-12-23(33)18(3)21(29)11-14-30(27,6)31(22,7)16-25(26)37-19(4)32/h8-10,18,21-25,27,33-34H,11-16H2,1-7H3,(H,35,36)/b10-8-,26-20-/t18-,21-,22?,23+,24+,25-,27-,29-,30-,31-/m0/s1. The maximum absolute atomic E-state index is 12.6. The second-order valence-corrected chi connectivity index (χ2v) is 13.4. The van der Waals surface area contributed by atoms with Gasteiger partial charge in [-0.05, 0) is 104 Å². The molecule has 4 aliphatic rings. The maximum Gasteiger partial charge on any atom is 0.335 e. The minimum absolute atomic E-state index is 0.0294. The highest BCUT2D eigenvalue weighted by Gasteiger charge is 2.70. The number of hydrogen-bond acceptors (Lipinski definition) is 5. The molecule has 6 nitrogen and oxygen atoms in total. The lowest BCUT2D eigenvalue weighted by atomic mass is 9.36. The maximum atomic E-state index is 12.6. The van der Waals surface area contributed by atoms with Crippen molar-refractivity contribution in [2.45, 2.75) is 105 Å². The molecule has 206 valence electrons. The molecular weight excluding hydrogens is 468 g/mol. The summed E-state index contributed by atoms with van der Waals surface area (Å²) in [6, 6.07) is 0. The molecule has 0 amide bonds. The topological polar surface area (TPSA) is 104 Å².